The number of benzene rings is 4. The topological polar surface area (TPSA) is 100.0 Å². The molecule has 9 nitrogen and oxygen atoms in total. The Morgan fingerprint density at radius 3 is 2.30 bits per heavy atom. The van der Waals surface area contributed by atoms with Crippen LogP contribution in [0.15, 0.2) is 91.0 Å². The van der Waals surface area contributed by atoms with Gasteiger partial charge in [0.2, 0.25) is 0 Å². The second-order valence-corrected chi connectivity index (χ2v) is 14.4. The Bertz CT molecular complexity index is 2130. The molecule has 4 aromatic carbocycles. The van der Waals surface area contributed by atoms with E-state index in [0.717, 1.165) is 24.1 Å². The standard InChI is InChI=1S/C43H44ClN3O6/c1-6-8-16-37-38(39(42(50)51-7-2)45-47(37)32-18-20-33(21-19-32)52-34-15-11-14-31(44)26-34)35-22-17-29(41(49)53-43(3,4)5)25-36(35)40(48)46-24-23-28-12-9-10-13-30(28)27-46/h9-15,17-22,25-26H,6-8,16,23-24,27H2,1-5H3. The van der Waals surface area contributed by atoms with E-state index in [1.165, 1.54) is 5.56 Å². The third-order valence-corrected chi connectivity index (χ3v) is 9.14. The van der Waals surface area contributed by atoms with Crippen molar-refractivity contribution >= 4 is 29.4 Å². The average molecular weight is 734 g/mol. The number of rotatable bonds is 11. The molecule has 0 N–H and O–H groups in total. The van der Waals surface area contributed by atoms with Gasteiger partial charge in [0.05, 0.1) is 23.6 Å². The number of halogens is 1. The fraction of sp³-hybridized carbons (Fsp3) is 0.302. The first kappa shape index (κ1) is 37.4. The SMILES string of the molecule is CCCCc1c(-c2ccc(C(=O)OC(C)(C)C)cc2C(=O)N2CCc3ccccc3C2)c(C(=O)OCC)nn1-c1ccc(Oc2cccc(Cl)c2)cc1. The normalized spacial score (nSPS) is 12.6. The lowest BCUT2D eigenvalue weighted by Gasteiger charge is -2.30. The van der Waals surface area contributed by atoms with Crippen molar-refractivity contribution in [1.29, 1.82) is 0 Å². The third kappa shape index (κ3) is 8.63. The molecule has 1 aliphatic rings. The molecular weight excluding hydrogens is 690 g/mol. The molecule has 6 rings (SSSR count). The summed E-state index contributed by atoms with van der Waals surface area (Å²) < 4.78 is 19.0. The predicted octanol–water partition coefficient (Wildman–Crippen LogP) is 9.66. The van der Waals surface area contributed by atoms with Crippen molar-refractivity contribution in [3.05, 3.63) is 130 Å². The number of hydrogen-bond acceptors (Lipinski definition) is 7. The first-order valence-corrected chi connectivity index (χ1v) is 18.4. The van der Waals surface area contributed by atoms with Crippen LogP contribution in [0.4, 0.5) is 0 Å². The zero-order valence-electron chi connectivity index (χ0n) is 30.8. The Kier molecular flexibility index (Phi) is 11.3. The molecule has 0 fully saturated rings. The number of aromatic nitrogens is 2. The van der Waals surface area contributed by atoms with E-state index < -0.39 is 17.5 Å². The van der Waals surface area contributed by atoms with E-state index >= 15 is 0 Å². The van der Waals surface area contributed by atoms with Crippen LogP contribution in [0.3, 0.4) is 0 Å². The number of fused-ring (bicyclic) bond motifs is 1. The summed E-state index contributed by atoms with van der Waals surface area (Å²) >= 11 is 6.16. The number of amides is 1. The summed E-state index contributed by atoms with van der Waals surface area (Å²) in [5.41, 5.74) is 4.55. The van der Waals surface area contributed by atoms with Crippen LogP contribution in [0.5, 0.6) is 11.5 Å². The highest BCUT2D eigenvalue weighted by atomic mass is 35.5. The highest BCUT2D eigenvalue weighted by molar-refractivity contribution is 6.30. The van der Waals surface area contributed by atoms with E-state index in [2.05, 4.69) is 13.0 Å². The number of esters is 2. The summed E-state index contributed by atoms with van der Waals surface area (Å²) in [5.74, 6) is -0.218. The van der Waals surface area contributed by atoms with Gasteiger partial charge in [-0.3, -0.25) is 4.79 Å². The van der Waals surface area contributed by atoms with Crippen molar-refractivity contribution in [2.75, 3.05) is 13.2 Å². The van der Waals surface area contributed by atoms with Gasteiger partial charge < -0.3 is 19.1 Å². The zero-order chi connectivity index (χ0) is 37.7. The quantitative estimate of drug-likeness (QED) is 0.125. The summed E-state index contributed by atoms with van der Waals surface area (Å²) in [5, 5.41) is 5.44. The van der Waals surface area contributed by atoms with Gasteiger partial charge in [-0.05, 0) is 118 Å². The molecule has 53 heavy (non-hydrogen) atoms. The Morgan fingerprint density at radius 1 is 0.849 bits per heavy atom. The molecule has 1 aliphatic heterocycles. The second kappa shape index (κ2) is 16.1. The number of hydrogen-bond donors (Lipinski definition) is 0. The van der Waals surface area contributed by atoms with Crippen LogP contribution in [-0.4, -0.2) is 51.3 Å². The summed E-state index contributed by atoms with van der Waals surface area (Å²) in [4.78, 5) is 43.6. The van der Waals surface area contributed by atoms with Gasteiger partial charge in [0.1, 0.15) is 17.1 Å². The van der Waals surface area contributed by atoms with Gasteiger partial charge in [-0.15, -0.1) is 0 Å². The summed E-state index contributed by atoms with van der Waals surface area (Å²) in [6, 6.07) is 27.6. The van der Waals surface area contributed by atoms with Gasteiger partial charge >= 0.3 is 11.9 Å². The van der Waals surface area contributed by atoms with Crippen molar-refractivity contribution < 1.29 is 28.6 Å². The molecule has 1 amide bonds. The maximum atomic E-state index is 14.7. The first-order chi connectivity index (χ1) is 25.5. The molecule has 274 valence electrons. The maximum Gasteiger partial charge on any atom is 0.359 e. The highest BCUT2D eigenvalue weighted by Crippen LogP contribution is 2.37. The van der Waals surface area contributed by atoms with E-state index in [1.807, 2.05) is 54.6 Å². The fourth-order valence-corrected chi connectivity index (χ4v) is 6.61. The van der Waals surface area contributed by atoms with Gasteiger partial charge in [-0.1, -0.05) is 61.3 Å². The summed E-state index contributed by atoms with van der Waals surface area (Å²) in [7, 11) is 0. The van der Waals surface area contributed by atoms with E-state index in [-0.39, 0.29) is 29.3 Å². The fourth-order valence-electron chi connectivity index (χ4n) is 6.43. The molecule has 0 radical (unpaired) electrons. The smallest absolute Gasteiger partial charge is 0.359 e. The number of carbonyl (C=O) groups is 3. The maximum absolute atomic E-state index is 14.7. The van der Waals surface area contributed by atoms with Gasteiger partial charge in [-0.25, -0.2) is 14.3 Å². The zero-order valence-corrected chi connectivity index (χ0v) is 31.5. The van der Waals surface area contributed by atoms with E-state index in [4.69, 9.17) is 30.9 Å². The van der Waals surface area contributed by atoms with Gasteiger partial charge in [-0.2, -0.15) is 5.10 Å². The minimum Gasteiger partial charge on any atom is -0.461 e. The molecule has 0 aliphatic carbocycles. The second-order valence-electron chi connectivity index (χ2n) is 14.0. The van der Waals surface area contributed by atoms with E-state index in [0.29, 0.717) is 59.3 Å². The lowest BCUT2D eigenvalue weighted by atomic mass is 9.92. The molecule has 0 unspecified atom stereocenters. The molecule has 2 heterocycles. The molecule has 10 heteroatoms. The monoisotopic (exact) mass is 733 g/mol. The molecule has 0 bridgehead atoms. The Morgan fingerprint density at radius 2 is 1.60 bits per heavy atom. The van der Waals surface area contributed by atoms with Crippen molar-refractivity contribution in [2.45, 2.75) is 72.4 Å². The molecule has 5 aromatic rings. The van der Waals surface area contributed by atoms with Gasteiger partial charge in [0, 0.05) is 29.2 Å². The lowest BCUT2D eigenvalue weighted by molar-refractivity contribution is 0.00692. The highest BCUT2D eigenvalue weighted by Gasteiger charge is 2.32. The molecule has 0 spiro atoms. The largest absolute Gasteiger partial charge is 0.461 e. The van der Waals surface area contributed by atoms with Crippen LogP contribution in [-0.2, 0) is 28.9 Å². The van der Waals surface area contributed by atoms with Crippen LogP contribution < -0.4 is 4.74 Å². The van der Waals surface area contributed by atoms with Crippen molar-refractivity contribution in [1.82, 2.24) is 14.7 Å². The van der Waals surface area contributed by atoms with Crippen LogP contribution in [0, 0.1) is 0 Å². The van der Waals surface area contributed by atoms with E-state index in [9.17, 15) is 14.4 Å². The lowest BCUT2D eigenvalue weighted by Crippen LogP contribution is -2.36. The first-order valence-electron chi connectivity index (χ1n) is 18.0. The Labute approximate surface area is 315 Å². The van der Waals surface area contributed by atoms with Crippen molar-refractivity contribution in [3.63, 3.8) is 0 Å². The molecular formula is C43H44ClN3O6. The van der Waals surface area contributed by atoms with Gasteiger partial charge in [0.25, 0.3) is 5.91 Å². The van der Waals surface area contributed by atoms with Crippen molar-refractivity contribution in [2.24, 2.45) is 0 Å². The van der Waals surface area contributed by atoms with Gasteiger partial charge in [0.15, 0.2) is 5.69 Å². The Hall–Kier alpha value is -5.41. The Balaban J connectivity index is 1.50. The molecule has 0 saturated carbocycles. The number of ether oxygens (including phenoxy) is 3. The third-order valence-electron chi connectivity index (χ3n) is 8.90. The van der Waals surface area contributed by atoms with Crippen LogP contribution in [0.25, 0.3) is 16.8 Å². The molecule has 0 saturated heterocycles. The number of unbranched alkanes of at least 4 members (excludes halogenated alkanes) is 1. The molecule has 0 atom stereocenters. The number of nitrogens with zero attached hydrogens (tertiary/aromatic N) is 3. The summed E-state index contributed by atoms with van der Waals surface area (Å²) in [6.45, 7) is 10.3. The predicted molar refractivity (Wildman–Crippen MR) is 205 cm³/mol. The van der Waals surface area contributed by atoms with Crippen molar-refractivity contribution in [3.8, 4) is 28.3 Å². The van der Waals surface area contributed by atoms with Crippen LogP contribution in [0.1, 0.15) is 95.5 Å². The summed E-state index contributed by atoms with van der Waals surface area (Å²) in [6.07, 6.45) is 2.92. The average Bonchev–Trinajstić information content (AvgIpc) is 3.52. The minimum atomic E-state index is -0.739. The minimum absolute atomic E-state index is 0.0836. The van der Waals surface area contributed by atoms with Crippen LogP contribution >= 0.6 is 11.6 Å². The molecule has 1 aromatic heterocycles. The number of carbonyl (C=O) groups excluding carboxylic acids is 3. The van der Waals surface area contributed by atoms with E-state index in [1.54, 1.807) is 67.6 Å². The van der Waals surface area contributed by atoms with Crippen LogP contribution in [0.2, 0.25) is 5.02 Å².